The zero-order chi connectivity index (χ0) is 14.6. The Morgan fingerprint density at radius 3 is 2.35 bits per heavy atom. The van der Waals surface area contributed by atoms with E-state index in [1.54, 1.807) is 36.4 Å². The van der Waals surface area contributed by atoms with E-state index in [1.165, 1.54) is 0 Å². The molecule has 0 unspecified atom stereocenters. The first-order chi connectivity index (χ1) is 9.48. The molecule has 0 bridgehead atoms. The summed E-state index contributed by atoms with van der Waals surface area (Å²) in [5.41, 5.74) is 1.89. The molecule has 0 saturated heterocycles. The van der Waals surface area contributed by atoms with E-state index in [1.807, 2.05) is 12.1 Å². The van der Waals surface area contributed by atoms with Crippen molar-refractivity contribution in [2.24, 2.45) is 0 Å². The normalized spacial score (nSPS) is 11.3. The van der Waals surface area contributed by atoms with Gasteiger partial charge in [0.05, 0.1) is 12.4 Å². The monoisotopic (exact) mass is 403 g/mol. The van der Waals surface area contributed by atoms with Crippen LogP contribution in [0.4, 0.5) is 5.69 Å². The highest BCUT2D eigenvalue weighted by atomic mass is 127. The van der Waals surface area contributed by atoms with Crippen LogP contribution in [0.2, 0.25) is 0 Å². The third-order valence-corrected chi connectivity index (χ3v) is 4.63. The molecule has 0 aliphatic heterocycles. The molecule has 2 aromatic carbocycles. The summed E-state index contributed by atoms with van der Waals surface area (Å²) < 4.78 is 27.7. The zero-order valence-electron chi connectivity index (χ0n) is 10.6. The van der Waals surface area contributed by atoms with E-state index in [9.17, 15) is 8.42 Å². The summed E-state index contributed by atoms with van der Waals surface area (Å²) in [5.74, 6) is -0.118. The summed E-state index contributed by atoms with van der Waals surface area (Å²) in [6, 6.07) is 14.0. The summed E-state index contributed by atoms with van der Waals surface area (Å²) >= 11 is 2.16. The SMILES string of the molecule is O=S(=O)(Cc1cccc(CO)c1)Nc1ccc(I)cc1. The first-order valence-corrected chi connectivity index (χ1v) is 8.66. The first-order valence-electron chi connectivity index (χ1n) is 5.93. The highest BCUT2D eigenvalue weighted by Gasteiger charge is 2.12. The molecular formula is C14H14INO3S. The van der Waals surface area contributed by atoms with Crippen LogP contribution in [0.1, 0.15) is 11.1 Å². The maximum Gasteiger partial charge on any atom is 0.236 e. The van der Waals surface area contributed by atoms with Gasteiger partial charge in [0.1, 0.15) is 0 Å². The molecule has 4 nitrogen and oxygen atoms in total. The van der Waals surface area contributed by atoms with Gasteiger partial charge in [0.2, 0.25) is 10.0 Å². The van der Waals surface area contributed by atoms with E-state index < -0.39 is 10.0 Å². The number of benzene rings is 2. The molecule has 0 heterocycles. The van der Waals surface area contributed by atoms with Crippen molar-refractivity contribution < 1.29 is 13.5 Å². The number of sulfonamides is 1. The van der Waals surface area contributed by atoms with Crippen LogP contribution in [0.25, 0.3) is 0 Å². The lowest BCUT2D eigenvalue weighted by molar-refractivity contribution is 0.282. The van der Waals surface area contributed by atoms with Crippen molar-refractivity contribution in [2.45, 2.75) is 12.4 Å². The second-order valence-corrected chi connectivity index (χ2v) is 7.31. The lowest BCUT2D eigenvalue weighted by Gasteiger charge is -2.09. The van der Waals surface area contributed by atoms with Crippen LogP contribution in [0, 0.1) is 3.57 Å². The van der Waals surface area contributed by atoms with Crippen LogP contribution in [0.3, 0.4) is 0 Å². The number of rotatable bonds is 5. The predicted molar refractivity (Wildman–Crippen MR) is 87.8 cm³/mol. The Bertz CT molecular complexity index is 684. The third kappa shape index (κ3) is 4.46. The van der Waals surface area contributed by atoms with Crippen molar-refractivity contribution in [1.29, 1.82) is 0 Å². The molecule has 0 fully saturated rings. The smallest absolute Gasteiger partial charge is 0.236 e. The molecule has 2 N–H and O–H groups in total. The van der Waals surface area contributed by atoms with Gasteiger partial charge in [0, 0.05) is 9.26 Å². The van der Waals surface area contributed by atoms with E-state index in [-0.39, 0.29) is 12.4 Å². The summed E-state index contributed by atoms with van der Waals surface area (Å²) in [5, 5.41) is 9.06. The number of halogens is 1. The minimum Gasteiger partial charge on any atom is -0.392 e. The number of nitrogens with one attached hydrogen (secondary N) is 1. The molecule has 0 aliphatic carbocycles. The van der Waals surface area contributed by atoms with Crippen LogP contribution in [-0.4, -0.2) is 13.5 Å². The third-order valence-electron chi connectivity index (χ3n) is 2.65. The molecule has 2 aromatic rings. The van der Waals surface area contributed by atoms with Crippen LogP contribution >= 0.6 is 22.6 Å². The van der Waals surface area contributed by atoms with Gasteiger partial charge in [-0.15, -0.1) is 0 Å². The van der Waals surface area contributed by atoms with Crippen molar-refractivity contribution in [1.82, 2.24) is 0 Å². The fourth-order valence-electron chi connectivity index (χ4n) is 1.77. The average Bonchev–Trinajstić information content (AvgIpc) is 2.41. The largest absolute Gasteiger partial charge is 0.392 e. The van der Waals surface area contributed by atoms with Crippen LogP contribution in [0.5, 0.6) is 0 Å². The molecule has 106 valence electrons. The van der Waals surface area contributed by atoms with Crippen LogP contribution in [-0.2, 0) is 22.4 Å². The minimum atomic E-state index is -3.46. The second-order valence-electron chi connectivity index (χ2n) is 4.35. The molecule has 6 heteroatoms. The van der Waals surface area contributed by atoms with E-state index in [0.29, 0.717) is 16.8 Å². The van der Waals surface area contributed by atoms with Crippen molar-refractivity contribution in [3.05, 3.63) is 63.2 Å². The van der Waals surface area contributed by atoms with Gasteiger partial charge in [-0.25, -0.2) is 8.42 Å². The minimum absolute atomic E-state index is 0.0988. The van der Waals surface area contributed by atoms with Gasteiger partial charge in [-0.1, -0.05) is 24.3 Å². The quantitative estimate of drug-likeness (QED) is 0.755. The summed E-state index contributed by atoms with van der Waals surface area (Å²) in [7, 11) is -3.46. The molecule has 0 saturated carbocycles. The van der Waals surface area contributed by atoms with Gasteiger partial charge in [-0.3, -0.25) is 4.72 Å². The molecule has 0 radical (unpaired) electrons. The number of anilines is 1. The van der Waals surface area contributed by atoms with Gasteiger partial charge in [0.25, 0.3) is 0 Å². The van der Waals surface area contributed by atoms with Crippen molar-refractivity contribution >= 4 is 38.3 Å². The highest BCUT2D eigenvalue weighted by Crippen LogP contribution is 2.15. The Balaban J connectivity index is 2.12. The molecule has 0 amide bonds. The molecule has 0 aliphatic rings. The van der Waals surface area contributed by atoms with E-state index in [0.717, 1.165) is 3.57 Å². The van der Waals surface area contributed by atoms with Crippen LogP contribution in [0.15, 0.2) is 48.5 Å². The van der Waals surface area contributed by atoms with Crippen molar-refractivity contribution in [2.75, 3.05) is 4.72 Å². The summed E-state index contributed by atoms with van der Waals surface area (Å²) in [6.07, 6.45) is 0. The first kappa shape index (κ1) is 15.3. The molecule has 2 rings (SSSR count). The van der Waals surface area contributed by atoms with Gasteiger partial charge in [-0.2, -0.15) is 0 Å². The lowest BCUT2D eigenvalue weighted by Crippen LogP contribution is -2.15. The Morgan fingerprint density at radius 1 is 1.05 bits per heavy atom. The van der Waals surface area contributed by atoms with E-state index in [4.69, 9.17) is 5.11 Å². The van der Waals surface area contributed by atoms with Crippen molar-refractivity contribution in [3.63, 3.8) is 0 Å². The summed E-state index contributed by atoms with van der Waals surface area (Å²) in [6.45, 7) is -0.0988. The Labute approximate surface area is 132 Å². The maximum atomic E-state index is 12.1. The standard InChI is InChI=1S/C14H14INO3S/c15-13-4-6-14(7-5-13)16-20(18,19)10-12-3-1-2-11(8-12)9-17/h1-8,16-17H,9-10H2. The summed E-state index contributed by atoms with van der Waals surface area (Å²) in [4.78, 5) is 0. The van der Waals surface area contributed by atoms with E-state index in [2.05, 4.69) is 27.3 Å². The van der Waals surface area contributed by atoms with Crippen molar-refractivity contribution in [3.8, 4) is 0 Å². The van der Waals surface area contributed by atoms with Gasteiger partial charge >= 0.3 is 0 Å². The predicted octanol–water partition coefficient (Wildman–Crippen LogP) is 2.73. The Morgan fingerprint density at radius 2 is 1.70 bits per heavy atom. The Kier molecular flexibility index (Phi) is 5.00. The van der Waals surface area contributed by atoms with Gasteiger partial charge < -0.3 is 5.11 Å². The fraction of sp³-hybridized carbons (Fsp3) is 0.143. The second kappa shape index (κ2) is 6.55. The lowest BCUT2D eigenvalue weighted by atomic mass is 10.1. The number of aliphatic hydroxyl groups excluding tert-OH is 1. The molecule has 20 heavy (non-hydrogen) atoms. The fourth-order valence-corrected chi connectivity index (χ4v) is 3.32. The molecule has 0 atom stereocenters. The molecular weight excluding hydrogens is 389 g/mol. The van der Waals surface area contributed by atoms with Gasteiger partial charge in [-0.05, 0) is 58.0 Å². The van der Waals surface area contributed by atoms with Crippen LogP contribution < -0.4 is 4.72 Å². The van der Waals surface area contributed by atoms with Gasteiger partial charge in [0.15, 0.2) is 0 Å². The van der Waals surface area contributed by atoms with E-state index >= 15 is 0 Å². The highest BCUT2D eigenvalue weighted by molar-refractivity contribution is 14.1. The molecule has 0 aromatic heterocycles. The topological polar surface area (TPSA) is 66.4 Å². The number of hydrogen-bond donors (Lipinski definition) is 2. The zero-order valence-corrected chi connectivity index (χ0v) is 13.6. The number of aliphatic hydroxyl groups is 1. The average molecular weight is 403 g/mol. The molecule has 0 spiro atoms. The maximum absolute atomic E-state index is 12.1. The Hall–Kier alpha value is -1.12. The number of hydrogen-bond acceptors (Lipinski definition) is 3.